The first-order chi connectivity index (χ1) is 13.4. The molecule has 0 unspecified atom stereocenters. The average Bonchev–Trinajstić information content (AvgIpc) is 2.72. The van der Waals surface area contributed by atoms with Gasteiger partial charge in [-0.3, -0.25) is 0 Å². The quantitative estimate of drug-likeness (QED) is 0.860. The van der Waals surface area contributed by atoms with Gasteiger partial charge in [0.15, 0.2) is 6.04 Å². The van der Waals surface area contributed by atoms with Crippen molar-refractivity contribution in [2.75, 3.05) is 0 Å². The molecule has 0 saturated carbocycles. The summed E-state index contributed by atoms with van der Waals surface area (Å²) in [5.41, 5.74) is -1.09. The molecule has 140 valence electrons. The Morgan fingerprint density at radius 2 is 1.57 bits per heavy atom. The van der Waals surface area contributed by atoms with Crippen molar-refractivity contribution in [1.82, 2.24) is 0 Å². The highest BCUT2D eigenvalue weighted by atomic mass is 15.0. The van der Waals surface area contributed by atoms with E-state index in [2.05, 4.69) is 38.1 Å². The molecule has 0 amide bonds. The van der Waals surface area contributed by atoms with E-state index in [0.29, 0.717) is 11.5 Å². The highest BCUT2D eigenvalue weighted by molar-refractivity contribution is 5.51. The number of rotatable bonds is 2. The van der Waals surface area contributed by atoms with Gasteiger partial charge < -0.3 is 5.32 Å². The Morgan fingerprint density at radius 1 is 0.964 bits per heavy atom. The Bertz CT molecular complexity index is 933. The fourth-order valence-corrected chi connectivity index (χ4v) is 5.12. The molecule has 2 N–H and O–H groups in total. The normalized spacial score (nSPS) is 27.6. The summed E-state index contributed by atoms with van der Waals surface area (Å²) in [5, 5.41) is 43.0. The topological polar surface area (TPSA) is 112 Å². The fraction of sp³-hybridized carbons (Fsp3) is 0.478. The second-order valence-corrected chi connectivity index (χ2v) is 8.26. The van der Waals surface area contributed by atoms with Gasteiger partial charge in [-0.05, 0) is 24.7 Å². The third-order valence-electron chi connectivity index (χ3n) is 6.57. The first-order valence-corrected chi connectivity index (χ1v) is 9.71. The maximum absolute atomic E-state index is 10.3. The zero-order chi connectivity index (χ0) is 20.5. The van der Waals surface area contributed by atoms with E-state index < -0.39 is 16.9 Å². The first-order valence-electron chi connectivity index (χ1n) is 9.71. The van der Waals surface area contributed by atoms with Crippen molar-refractivity contribution in [3.63, 3.8) is 0 Å². The van der Waals surface area contributed by atoms with Crippen molar-refractivity contribution in [1.29, 1.82) is 21.0 Å². The molecule has 1 aliphatic heterocycles. The molecular weight excluding hydrogens is 346 g/mol. The Hall–Kier alpha value is -3.12. The summed E-state index contributed by atoms with van der Waals surface area (Å²) in [7, 11) is 0. The van der Waals surface area contributed by atoms with Crippen LogP contribution in [0.2, 0.25) is 0 Å². The number of allylic oxidation sites excluding steroid dienone is 2. The molecular formula is C23H24N5+. The van der Waals surface area contributed by atoms with Gasteiger partial charge >= 0.3 is 0 Å². The number of hydrogen-bond acceptors (Lipinski definition) is 4. The average molecular weight is 370 g/mol. The Labute approximate surface area is 166 Å². The molecule has 1 aromatic rings. The van der Waals surface area contributed by atoms with Crippen LogP contribution in [-0.2, 0) is 0 Å². The molecule has 5 nitrogen and oxygen atoms in total. The van der Waals surface area contributed by atoms with Crippen molar-refractivity contribution in [2.24, 2.45) is 28.6 Å². The molecule has 3 atom stereocenters. The van der Waals surface area contributed by atoms with Crippen LogP contribution in [0.5, 0.6) is 0 Å². The lowest BCUT2D eigenvalue weighted by Gasteiger charge is -2.47. The number of benzene rings is 1. The van der Waals surface area contributed by atoms with E-state index in [1.807, 2.05) is 42.6 Å². The van der Waals surface area contributed by atoms with E-state index in [9.17, 15) is 21.0 Å². The van der Waals surface area contributed by atoms with E-state index in [1.165, 1.54) is 0 Å². The van der Waals surface area contributed by atoms with E-state index >= 15 is 0 Å². The first kappa shape index (κ1) is 19.6. The lowest BCUT2D eigenvalue weighted by Crippen LogP contribution is -2.91. The van der Waals surface area contributed by atoms with Gasteiger partial charge in [-0.15, -0.1) is 0 Å². The molecule has 0 radical (unpaired) electrons. The Kier molecular flexibility index (Phi) is 5.00. The summed E-state index contributed by atoms with van der Waals surface area (Å²) in [4.78, 5) is 0. The van der Waals surface area contributed by atoms with Crippen LogP contribution in [0.1, 0.15) is 45.2 Å². The second kappa shape index (κ2) is 7.13. The van der Waals surface area contributed by atoms with Crippen molar-refractivity contribution >= 4 is 0 Å². The van der Waals surface area contributed by atoms with Gasteiger partial charge in [0.25, 0.3) is 0 Å². The highest BCUT2D eigenvalue weighted by Gasteiger charge is 2.69. The molecule has 1 aliphatic carbocycles. The monoisotopic (exact) mass is 370 g/mol. The molecule has 1 aromatic carbocycles. The van der Waals surface area contributed by atoms with Gasteiger partial charge in [-0.25, -0.2) is 0 Å². The minimum Gasteiger partial charge on any atom is -0.309 e. The van der Waals surface area contributed by atoms with Gasteiger partial charge in [0.2, 0.25) is 10.8 Å². The summed E-state index contributed by atoms with van der Waals surface area (Å²) in [6.45, 7) is 6.30. The zero-order valence-electron chi connectivity index (χ0n) is 16.5. The third-order valence-corrected chi connectivity index (χ3v) is 6.57. The highest BCUT2D eigenvalue weighted by Crippen LogP contribution is 2.57. The van der Waals surface area contributed by atoms with Crippen LogP contribution in [0.4, 0.5) is 0 Å². The molecule has 3 rings (SSSR count). The standard InChI is InChI=1S/C23H23N5/c1-15(2)18-10-9-16(3)19-20(18)28-21(17-7-5-4-6-8-17)23(13-26,14-27)22(19,11-24)12-25/h4-8,15-16,18,21,28H,9-10H2,1-3H3/p+1/t16-,18-,21+/m1/s1. The zero-order valence-corrected chi connectivity index (χ0v) is 16.5. The second-order valence-electron chi connectivity index (χ2n) is 8.26. The van der Waals surface area contributed by atoms with Crippen molar-refractivity contribution < 1.29 is 5.32 Å². The van der Waals surface area contributed by atoms with Crippen molar-refractivity contribution in [2.45, 2.75) is 39.7 Å². The van der Waals surface area contributed by atoms with Gasteiger partial charge in [-0.2, -0.15) is 21.0 Å². The van der Waals surface area contributed by atoms with E-state index in [4.69, 9.17) is 0 Å². The summed E-state index contributed by atoms with van der Waals surface area (Å²) >= 11 is 0. The van der Waals surface area contributed by atoms with Gasteiger partial charge in [0.05, 0.1) is 24.3 Å². The van der Waals surface area contributed by atoms with Crippen LogP contribution in [-0.4, -0.2) is 0 Å². The molecule has 0 saturated heterocycles. The van der Waals surface area contributed by atoms with E-state index in [-0.39, 0.29) is 11.8 Å². The molecule has 2 aliphatic rings. The minimum atomic E-state index is -1.79. The van der Waals surface area contributed by atoms with E-state index in [0.717, 1.165) is 24.1 Å². The smallest absolute Gasteiger partial charge is 0.234 e. The van der Waals surface area contributed by atoms with Crippen LogP contribution < -0.4 is 5.32 Å². The maximum atomic E-state index is 10.3. The number of nitriles is 4. The molecule has 0 fully saturated rings. The third kappa shape index (κ3) is 2.45. The van der Waals surface area contributed by atoms with Crippen LogP contribution >= 0.6 is 0 Å². The Balaban J connectivity index is 2.41. The van der Waals surface area contributed by atoms with Crippen LogP contribution in [0, 0.1) is 73.9 Å². The summed E-state index contributed by atoms with van der Waals surface area (Å²) in [5.74, 6) is 0.546. The number of quaternary nitrogens is 1. The van der Waals surface area contributed by atoms with Crippen LogP contribution in [0.25, 0.3) is 0 Å². The molecule has 5 heteroatoms. The SMILES string of the molecule is CC(C)[C@H]1CC[C@@H](C)C2=C1[NH2+][C@@H](c1ccccc1)C(C#N)(C#N)C2(C#N)C#N. The number of nitrogens with zero attached hydrogens (tertiary/aromatic N) is 4. The molecule has 1 heterocycles. The van der Waals surface area contributed by atoms with Gasteiger partial charge in [-0.1, -0.05) is 51.1 Å². The lowest BCUT2D eigenvalue weighted by molar-refractivity contribution is -0.676. The Morgan fingerprint density at radius 3 is 2.07 bits per heavy atom. The van der Waals surface area contributed by atoms with Crippen molar-refractivity contribution in [3.05, 3.63) is 47.2 Å². The molecule has 0 spiro atoms. The molecule has 0 bridgehead atoms. The maximum Gasteiger partial charge on any atom is 0.234 e. The van der Waals surface area contributed by atoms with E-state index in [1.54, 1.807) is 0 Å². The number of nitrogens with two attached hydrogens (primary N) is 1. The number of hydrogen-bond donors (Lipinski definition) is 1. The summed E-state index contributed by atoms with van der Waals surface area (Å²) in [6, 6.07) is 17.3. The predicted molar refractivity (Wildman–Crippen MR) is 102 cm³/mol. The summed E-state index contributed by atoms with van der Waals surface area (Å²) < 4.78 is 0. The van der Waals surface area contributed by atoms with Gasteiger partial charge in [0.1, 0.15) is 5.70 Å². The van der Waals surface area contributed by atoms with Crippen LogP contribution in [0.3, 0.4) is 0 Å². The summed E-state index contributed by atoms with van der Waals surface area (Å²) in [6.07, 6.45) is 1.83. The van der Waals surface area contributed by atoms with Crippen LogP contribution in [0.15, 0.2) is 41.6 Å². The molecule has 0 aromatic heterocycles. The fourth-order valence-electron chi connectivity index (χ4n) is 5.12. The predicted octanol–water partition coefficient (Wildman–Crippen LogP) is 3.33. The lowest BCUT2D eigenvalue weighted by atomic mass is 9.51. The largest absolute Gasteiger partial charge is 0.309 e. The van der Waals surface area contributed by atoms with Crippen molar-refractivity contribution in [3.8, 4) is 24.3 Å². The minimum absolute atomic E-state index is 0.0154. The molecule has 28 heavy (non-hydrogen) atoms. The van der Waals surface area contributed by atoms with Gasteiger partial charge in [0, 0.05) is 17.1 Å².